The highest BCUT2D eigenvalue weighted by Crippen LogP contribution is 2.31. The number of halogens is 2. The number of piperidine rings is 1. The highest BCUT2D eigenvalue weighted by Gasteiger charge is 2.31. The van der Waals surface area contributed by atoms with Gasteiger partial charge in [-0.05, 0) is 55.4 Å². The summed E-state index contributed by atoms with van der Waals surface area (Å²) in [6, 6.07) is 5.02. The molecule has 5 rings (SSSR count). The predicted octanol–water partition coefficient (Wildman–Crippen LogP) is 4.53. The van der Waals surface area contributed by atoms with E-state index in [1.807, 2.05) is 31.7 Å². The van der Waals surface area contributed by atoms with Crippen LogP contribution in [0.2, 0.25) is 0 Å². The molecule has 8 nitrogen and oxygen atoms in total. The van der Waals surface area contributed by atoms with Gasteiger partial charge >= 0.3 is 0 Å². The first-order valence-electron chi connectivity index (χ1n) is 12.5. The van der Waals surface area contributed by atoms with Crippen LogP contribution in [-0.2, 0) is 4.79 Å². The fraction of sp³-hybridized carbons (Fsp3) is 0.600. The lowest BCUT2D eigenvalue weighted by molar-refractivity contribution is -0.129. The molecule has 0 unspecified atom stereocenters. The quantitative estimate of drug-likeness (QED) is 0.490. The topological polar surface area (TPSA) is 80.3 Å². The van der Waals surface area contributed by atoms with E-state index in [9.17, 15) is 9.18 Å². The van der Waals surface area contributed by atoms with Gasteiger partial charge in [0.1, 0.15) is 11.3 Å². The Morgan fingerprint density at radius 1 is 1.20 bits per heavy atom. The molecule has 2 aliphatic heterocycles. The summed E-state index contributed by atoms with van der Waals surface area (Å²) < 4.78 is 21.8. The zero-order valence-electron chi connectivity index (χ0n) is 20.6. The lowest BCUT2D eigenvalue weighted by Gasteiger charge is -2.32. The molecule has 4 heterocycles. The maximum Gasteiger partial charge on any atom is 0.291 e. The van der Waals surface area contributed by atoms with E-state index < -0.39 is 0 Å². The van der Waals surface area contributed by atoms with Crippen molar-refractivity contribution in [3.05, 3.63) is 35.6 Å². The maximum absolute atomic E-state index is 14.7. The second-order valence-electron chi connectivity index (χ2n) is 9.94. The summed E-state index contributed by atoms with van der Waals surface area (Å²) in [4.78, 5) is 21.1. The monoisotopic (exact) mass is 504 g/mol. The van der Waals surface area contributed by atoms with Gasteiger partial charge in [0.15, 0.2) is 0 Å². The Hall–Kier alpha value is -2.52. The first kappa shape index (κ1) is 25.6. The van der Waals surface area contributed by atoms with Crippen LogP contribution < -0.4 is 0 Å². The molecule has 0 N–H and O–H groups in total. The third-order valence-corrected chi connectivity index (χ3v) is 7.24. The molecular weight excluding hydrogens is 471 g/mol. The smallest absolute Gasteiger partial charge is 0.291 e. The summed E-state index contributed by atoms with van der Waals surface area (Å²) in [5.74, 6) is 1.69. The van der Waals surface area contributed by atoms with E-state index in [4.69, 9.17) is 4.52 Å². The normalized spacial score (nSPS) is 19.6. The molecule has 0 radical (unpaired) electrons. The summed E-state index contributed by atoms with van der Waals surface area (Å²) in [7, 11) is 0. The Labute approximate surface area is 211 Å². The van der Waals surface area contributed by atoms with E-state index >= 15 is 0 Å². The number of carbonyl (C=O) groups excluding carboxylic acids is 1. The molecule has 2 fully saturated rings. The van der Waals surface area contributed by atoms with Crippen molar-refractivity contribution >= 4 is 29.2 Å². The van der Waals surface area contributed by atoms with Crippen LogP contribution in [-0.4, -0.2) is 68.4 Å². The molecule has 190 valence electrons. The molecule has 0 saturated carbocycles. The Kier molecular flexibility index (Phi) is 7.76. The van der Waals surface area contributed by atoms with Crippen molar-refractivity contribution in [3.63, 3.8) is 0 Å². The summed E-state index contributed by atoms with van der Waals surface area (Å²) >= 11 is 0. The van der Waals surface area contributed by atoms with E-state index in [-0.39, 0.29) is 41.9 Å². The number of aromatic nitrogens is 4. The molecule has 2 aromatic heterocycles. The molecule has 35 heavy (non-hydrogen) atoms. The van der Waals surface area contributed by atoms with Gasteiger partial charge in [-0.15, -0.1) is 12.4 Å². The van der Waals surface area contributed by atoms with E-state index in [1.54, 1.807) is 6.07 Å². The van der Waals surface area contributed by atoms with Crippen LogP contribution in [0.1, 0.15) is 69.9 Å². The van der Waals surface area contributed by atoms with Gasteiger partial charge in [-0.2, -0.15) is 14.8 Å². The molecule has 0 spiro atoms. The maximum atomic E-state index is 14.7. The fourth-order valence-corrected chi connectivity index (χ4v) is 5.36. The van der Waals surface area contributed by atoms with Crippen LogP contribution in [0.15, 0.2) is 22.7 Å². The first-order chi connectivity index (χ1) is 16.4. The Bertz CT molecular complexity index is 1170. The van der Waals surface area contributed by atoms with Crippen molar-refractivity contribution in [2.45, 2.75) is 58.3 Å². The number of benzene rings is 1. The average Bonchev–Trinajstić information content (AvgIpc) is 3.58. The highest BCUT2D eigenvalue weighted by atomic mass is 35.5. The summed E-state index contributed by atoms with van der Waals surface area (Å²) in [6.07, 6.45) is 3.56. The van der Waals surface area contributed by atoms with Crippen LogP contribution in [0.25, 0.3) is 16.9 Å². The Morgan fingerprint density at radius 2 is 1.97 bits per heavy atom. The van der Waals surface area contributed by atoms with Crippen molar-refractivity contribution in [1.29, 1.82) is 0 Å². The molecule has 0 bridgehead atoms. The molecule has 2 aliphatic rings. The lowest BCUT2D eigenvalue weighted by atomic mass is 9.95. The average molecular weight is 505 g/mol. The van der Waals surface area contributed by atoms with Gasteiger partial charge in [0, 0.05) is 37.4 Å². The molecule has 0 aliphatic carbocycles. The third-order valence-electron chi connectivity index (χ3n) is 7.24. The molecule has 2 saturated heterocycles. The second-order valence-corrected chi connectivity index (χ2v) is 9.94. The van der Waals surface area contributed by atoms with Gasteiger partial charge < -0.3 is 14.3 Å². The van der Waals surface area contributed by atoms with Gasteiger partial charge in [-0.25, -0.2) is 4.39 Å². The number of nitrogens with zero attached hydrogens (tertiary/aromatic N) is 6. The summed E-state index contributed by atoms with van der Waals surface area (Å²) in [6.45, 7) is 10.7. The zero-order chi connectivity index (χ0) is 23.8. The minimum Gasteiger partial charge on any atom is -0.342 e. The molecule has 1 atom stereocenters. The Balaban J connectivity index is 0.00000289. The van der Waals surface area contributed by atoms with Crippen LogP contribution in [0.5, 0.6) is 0 Å². The van der Waals surface area contributed by atoms with Crippen molar-refractivity contribution in [2.24, 2.45) is 5.92 Å². The number of hydrogen-bond donors (Lipinski definition) is 0. The standard InChI is InChI=1S/C25H33FN6O2.ClH/c1-4-21(33)31-13-8-17(15-31)14-30-11-9-18(10-12-30)24-27-25(29-34-24)32-23-19(6-5-7-20(23)26)22(28-32)16(2)3;/h5-7,16-18H,4,8-15H2,1-3H3;1H/t17-;/m0./s1. The van der Waals surface area contributed by atoms with Crippen LogP contribution in [0, 0.1) is 11.7 Å². The molecular formula is C25H34ClFN6O2. The lowest BCUT2D eigenvalue weighted by Crippen LogP contribution is -2.37. The van der Waals surface area contributed by atoms with Gasteiger partial charge in [0.2, 0.25) is 11.8 Å². The number of amides is 1. The van der Waals surface area contributed by atoms with Crippen LogP contribution in [0.3, 0.4) is 0 Å². The van der Waals surface area contributed by atoms with E-state index in [1.165, 1.54) is 10.7 Å². The predicted molar refractivity (Wildman–Crippen MR) is 134 cm³/mol. The van der Waals surface area contributed by atoms with Crippen molar-refractivity contribution in [2.75, 3.05) is 32.7 Å². The van der Waals surface area contributed by atoms with Crippen molar-refractivity contribution < 1.29 is 13.7 Å². The molecule has 1 aromatic carbocycles. The van der Waals surface area contributed by atoms with Gasteiger partial charge in [-0.3, -0.25) is 4.79 Å². The number of fused-ring (bicyclic) bond motifs is 1. The highest BCUT2D eigenvalue weighted by molar-refractivity contribution is 5.85. The number of rotatable bonds is 6. The van der Waals surface area contributed by atoms with Gasteiger partial charge in [-0.1, -0.05) is 32.9 Å². The number of hydrogen-bond acceptors (Lipinski definition) is 6. The molecule has 1 amide bonds. The summed E-state index contributed by atoms with van der Waals surface area (Å²) in [5, 5.41) is 9.56. The first-order valence-corrected chi connectivity index (χ1v) is 12.5. The fourth-order valence-electron chi connectivity index (χ4n) is 5.36. The largest absolute Gasteiger partial charge is 0.342 e. The van der Waals surface area contributed by atoms with Crippen LogP contribution in [0.4, 0.5) is 4.39 Å². The number of para-hydroxylation sites is 1. The zero-order valence-corrected chi connectivity index (χ0v) is 21.4. The van der Waals surface area contributed by atoms with E-state index in [0.717, 1.165) is 63.1 Å². The van der Waals surface area contributed by atoms with E-state index in [2.05, 4.69) is 20.1 Å². The molecule has 3 aromatic rings. The number of carbonyl (C=O) groups is 1. The van der Waals surface area contributed by atoms with Crippen molar-refractivity contribution in [3.8, 4) is 5.95 Å². The third kappa shape index (κ3) is 5.07. The number of likely N-dealkylation sites (tertiary alicyclic amines) is 2. The van der Waals surface area contributed by atoms with Gasteiger partial charge in [0.25, 0.3) is 5.95 Å². The summed E-state index contributed by atoms with van der Waals surface area (Å²) in [5.41, 5.74) is 1.21. The van der Waals surface area contributed by atoms with Crippen molar-refractivity contribution in [1.82, 2.24) is 29.7 Å². The second kappa shape index (κ2) is 10.6. The van der Waals surface area contributed by atoms with Crippen LogP contribution >= 0.6 is 12.4 Å². The minimum atomic E-state index is -0.345. The SMILES string of the molecule is CCC(=O)N1CC[C@@H](CN2CCC(c3nc(-n4nc(C(C)C)c5cccc(F)c54)no3)CC2)C1.Cl. The Morgan fingerprint density at radius 3 is 2.69 bits per heavy atom. The van der Waals surface area contributed by atoms with E-state index in [0.29, 0.717) is 23.7 Å². The molecule has 10 heteroatoms. The van der Waals surface area contributed by atoms with Gasteiger partial charge in [0.05, 0.1) is 5.69 Å². The minimum absolute atomic E-state index is 0.